The number of carbonyl (C=O) groups excluding carboxylic acids is 1. The Hall–Kier alpha value is -3.02. The summed E-state index contributed by atoms with van der Waals surface area (Å²) in [6, 6.07) is 14.5. The highest BCUT2D eigenvalue weighted by Crippen LogP contribution is 2.54. The molecule has 2 aromatic carbocycles. The standard InChI is InChI=1S/C19H17FN4O/c1-11-16(12-5-3-2-4-6-12)17(11)19(25)23-13-7-8-15(20)14(9-13)18-21-10-22-24-18/h2-11,16-17H,1H3,(H,23,25)(H,21,22,24). The van der Waals surface area contributed by atoms with Gasteiger partial charge in [-0.3, -0.25) is 9.89 Å². The van der Waals surface area contributed by atoms with E-state index in [0.29, 0.717) is 11.5 Å². The van der Waals surface area contributed by atoms with E-state index >= 15 is 0 Å². The van der Waals surface area contributed by atoms with Crippen molar-refractivity contribution in [2.24, 2.45) is 11.8 Å². The van der Waals surface area contributed by atoms with E-state index in [1.165, 1.54) is 18.0 Å². The Balaban J connectivity index is 1.51. The molecule has 1 heterocycles. The summed E-state index contributed by atoms with van der Waals surface area (Å²) in [7, 11) is 0. The number of rotatable bonds is 4. The number of amides is 1. The van der Waals surface area contributed by atoms with Crippen LogP contribution in [0.1, 0.15) is 18.4 Å². The number of hydrogen-bond donors (Lipinski definition) is 2. The van der Waals surface area contributed by atoms with Crippen LogP contribution in [0.3, 0.4) is 0 Å². The van der Waals surface area contributed by atoms with Crippen LogP contribution < -0.4 is 5.32 Å². The zero-order chi connectivity index (χ0) is 17.4. The van der Waals surface area contributed by atoms with Crippen LogP contribution in [0.5, 0.6) is 0 Å². The zero-order valence-corrected chi connectivity index (χ0v) is 13.6. The molecular weight excluding hydrogens is 319 g/mol. The lowest BCUT2D eigenvalue weighted by molar-refractivity contribution is -0.117. The number of nitrogens with one attached hydrogen (secondary N) is 2. The van der Waals surface area contributed by atoms with Crippen LogP contribution in [0.15, 0.2) is 54.9 Å². The van der Waals surface area contributed by atoms with Gasteiger partial charge in [-0.1, -0.05) is 37.3 Å². The first-order valence-corrected chi connectivity index (χ1v) is 8.16. The molecule has 3 atom stereocenters. The summed E-state index contributed by atoms with van der Waals surface area (Å²) in [5.74, 6) is 0.317. The minimum absolute atomic E-state index is 0.0449. The minimum atomic E-state index is -0.420. The highest BCUT2D eigenvalue weighted by Gasteiger charge is 2.52. The summed E-state index contributed by atoms with van der Waals surface area (Å²) in [4.78, 5) is 16.6. The highest BCUT2D eigenvalue weighted by molar-refractivity contribution is 5.96. The van der Waals surface area contributed by atoms with Crippen molar-refractivity contribution < 1.29 is 9.18 Å². The Kier molecular flexibility index (Phi) is 3.80. The predicted octanol–water partition coefficient (Wildman–Crippen LogP) is 3.60. The number of benzene rings is 2. The summed E-state index contributed by atoms with van der Waals surface area (Å²) >= 11 is 0. The molecule has 3 aromatic rings. The van der Waals surface area contributed by atoms with Crippen LogP contribution in [0.4, 0.5) is 10.1 Å². The van der Waals surface area contributed by atoms with E-state index in [-0.39, 0.29) is 29.2 Å². The molecule has 0 radical (unpaired) electrons. The average Bonchev–Trinajstić information content (AvgIpc) is 3.04. The Morgan fingerprint density at radius 1 is 1.20 bits per heavy atom. The molecular formula is C19H17FN4O. The number of aromatic nitrogens is 3. The molecule has 1 fully saturated rings. The van der Waals surface area contributed by atoms with E-state index in [4.69, 9.17) is 0 Å². The van der Waals surface area contributed by atoms with Crippen molar-refractivity contribution in [1.82, 2.24) is 15.2 Å². The van der Waals surface area contributed by atoms with Gasteiger partial charge in [-0.05, 0) is 35.6 Å². The third kappa shape index (κ3) is 2.91. The van der Waals surface area contributed by atoms with Crippen LogP contribution in [0.25, 0.3) is 11.4 Å². The van der Waals surface area contributed by atoms with Gasteiger partial charge in [0.2, 0.25) is 5.91 Å². The minimum Gasteiger partial charge on any atom is -0.326 e. The number of aromatic amines is 1. The van der Waals surface area contributed by atoms with Gasteiger partial charge in [-0.25, -0.2) is 9.37 Å². The number of halogens is 1. The smallest absolute Gasteiger partial charge is 0.228 e. The molecule has 0 spiro atoms. The fourth-order valence-electron chi connectivity index (χ4n) is 3.40. The van der Waals surface area contributed by atoms with Crippen LogP contribution in [-0.4, -0.2) is 21.1 Å². The van der Waals surface area contributed by atoms with Gasteiger partial charge < -0.3 is 5.32 Å². The summed E-state index contributed by atoms with van der Waals surface area (Å²) in [6.45, 7) is 2.08. The molecule has 0 bridgehead atoms. The number of anilines is 1. The fraction of sp³-hybridized carbons (Fsp3) is 0.211. The monoisotopic (exact) mass is 336 g/mol. The molecule has 1 aromatic heterocycles. The van der Waals surface area contributed by atoms with E-state index in [1.807, 2.05) is 30.3 Å². The number of nitrogens with zero attached hydrogens (tertiary/aromatic N) is 2. The first kappa shape index (κ1) is 15.5. The van der Waals surface area contributed by atoms with Gasteiger partial charge >= 0.3 is 0 Å². The van der Waals surface area contributed by atoms with Crippen LogP contribution in [0, 0.1) is 17.7 Å². The lowest BCUT2D eigenvalue weighted by Gasteiger charge is -2.07. The second-order valence-corrected chi connectivity index (χ2v) is 6.34. The normalized spacial score (nSPS) is 21.8. The molecule has 1 saturated carbocycles. The second-order valence-electron chi connectivity index (χ2n) is 6.34. The fourth-order valence-corrected chi connectivity index (χ4v) is 3.40. The van der Waals surface area contributed by atoms with Gasteiger partial charge in [-0.15, -0.1) is 0 Å². The highest BCUT2D eigenvalue weighted by atomic mass is 19.1. The van der Waals surface area contributed by atoms with Crippen LogP contribution >= 0.6 is 0 Å². The van der Waals surface area contributed by atoms with E-state index in [2.05, 4.69) is 27.4 Å². The zero-order valence-electron chi connectivity index (χ0n) is 13.6. The molecule has 2 N–H and O–H groups in total. The van der Waals surface area contributed by atoms with Crippen molar-refractivity contribution in [1.29, 1.82) is 0 Å². The van der Waals surface area contributed by atoms with E-state index in [0.717, 1.165) is 0 Å². The molecule has 0 aliphatic heterocycles. The quantitative estimate of drug-likeness (QED) is 0.765. The SMILES string of the molecule is CC1C(C(=O)Nc2ccc(F)c(-c3ncn[nH]3)c2)C1c1ccccc1. The maximum absolute atomic E-state index is 14.0. The van der Waals surface area contributed by atoms with Crippen molar-refractivity contribution in [3.8, 4) is 11.4 Å². The summed E-state index contributed by atoms with van der Waals surface area (Å²) in [5, 5.41) is 9.26. The van der Waals surface area contributed by atoms with Crippen molar-refractivity contribution in [3.63, 3.8) is 0 Å². The van der Waals surface area contributed by atoms with Crippen molar-refractivity contribution in [2.45, 2.75) is 12.8 Å². The maximum Gasteiger partial charge on any atom is 0.228 e. The first-order chi connectivity index (χ1) is 12.1. The molecule has 4 rings (SSSR count). The van der Waals surface area contributed by atoms with E-state index in [9.17, 15) is 9.18 Å². The van der Waals surface area contributed by atoms with Gasteiger partial charge in [0.1, 0.15) is 12.1 Å². The lowest BCUT2D eigenvalue weighted by atomic mass is 10.1. The number of carbonyl (C=O) groups is 1. The molecule has 1 aliphatic carbocycles. The van der Waals surface area contributed by atoms with Crippen LogP contribution in [-0.2, 0) is 4.79 Å². The van der Waals surface area contributed by atoms with Crippen molar-refractivity contribution in [2.75, 3.05) is 5.32 Å². The molecule has 3 unspecified atom stereocenters. The predicted molar refractivity (Wildman–Crippen MR) is 92.2 cm³/mol. The van der Waals surface area contributed by atoms with Crippen molar-refractivity contribution in [3.05, 3.63) is 66.2 Å². The number of hydrogen-bond acceptors (Lipinski definition) is 3. The van der Waals surface area contributed by atoms with Gasteiger partial charge in [0, 0.05) is 11.6 Å². The average molecular weight is 336 g/mol. The lowest BCUT2D eigenvalue weighted by Crippen LogP contribution is -2.15. The third-order valence-corrected chi connectivity index (χ3v) is 4.77. The van der Waals surface area contributed by atoms with Crippen LogP contribution in [0.2, 0.25) is 0 Å². The first-order valence-electron chi connectivity index (χ1n) is 8.16. The Morgan fingerprint density at radius 3 is 2.72 bits per heavy atom. The van der Waals surface area contributed by atoms with Crippen molar-refractivity contribution >= 4 is 11.6 Å². The molecule has 1 aliphatic rings. The van der Waals surface area contributed by atoms with E-state index < -0.39 is 5.82 Å². The van der Waals surface area contributed by atoms with Gasteiger partial charge in [0.15, 0.2) is 5.82 Å². The Labute approximate surface area is 144 Å². The topological polar surface area (TPSA) is 70.7 Å². The van der Waals surface area contributed by atoms with Gasteiger partial charge in [0.25, 0.3) is 0 Å². The summed E-state index contributed by atoms with van der Waals surface area (Å²) in [5.41, 5.74) is 2.00. The molecule has 6 heteroatoms. The Morgan fingerprint density at radius 2 is 2.00 bits per heavy atom. The van der Waals surface area contributed by atoms with E-state index in [1.54, 1.807) is 12.1 Å². The summed E-state index contributed by atoms with van der Waals surface area (Å²) < 4.78 is 14.0. The van der Waals surface area contributed by atoms with Gasteiger partial charge in [-0.2, -0.15) is 5.10 Å². The number of H-pyrrole nitrogens is 1. The Bertz CT molecular complexity index is 895. The molecule has 126 valence electrons. The maximum atomic E-state index is 14.0. The largest absolute Gasteiger partial charge is 0.326 e. The van der Waals surface area contributed by atoms with Gasteiger partial charge in [0.05, 0.1) is 5.56 Å². The molecule has 25 heavy (non-hydrogen) atoms. The summed E-state index contributed by atoms with van der Waals surface area (Å²) in [6.07, 6.45) is 1.32. The third-order valence-electron chi connectivity index (χ3n) is 4.77. The molecule has 5 nitrogen and oxygen atoms in total. The second kappa shape index (κ2) is 6.12. The molecule has 1 amide bonds. The molecule has 0 saturated heterocycles.